The highest BCUT2D eigenvalue weighted by atomic mass is 35.5. The van der Waals surface area contributed by atoms with Gasteiger partial charge in [0.15, 0.2) is 0 Å². The lowest BCUT2D eigenvalue weighted by Gasteiger charge is -2.08. The maximum Gasteiger partial charge on any atom is 0.148 e. The molecule has 4 nitrogen and oxygen atoms in total. The number of ether oxygens (including phenoxy) is 1. The zero-order chi connectivity index (χ0) is 11.5. The molecule has 0 aliphatic rings. The quantitative estimate of drug-likeness (QED) is 0.813. The van der Waals surface area contributed by atoms with Gasteiger partial charge in [-0.15, -0.1) is 0 Å². The first kappa shape index (κ1) is 10.7. The maximum absolute atomic E-state index is 5.75. The summed E-state index contributed by atoms with van der Waals surface area (Å²) in [5.74, 6) is 1.74. The SMILES string of the molecule is Cc1cc(N)ncc1Oc1ccnc(Cl)c1. The van der Waals surface area contributed by atoms with Crippen molar-refractivity contribution < 1.29 is 4.74 Å². The summed E-state index contributed by atoms with van der Waals surface area (Å²) in [6.45, 7) is 1.90. The highest BCUT2D eigenvalue weighted by Crippen LogP contribution is 2.25. The fourth-order valence-corrected chi connectivity index (χ4v) is 1.41. The van der Waals surface area contributed by atoms with Gasteiger partial charge in [0.1, 0.15) is 22.5 Å². The van der Waals surface area contributed by atoms with Crippen LogP contribution in [0.15, 0.2) is 30.6 Å². The van der Waals surface area contributed by atoms with Gasteiger partial charge in [-0.3, -0.25) is 0 Å². The number of nitrogens with two attached hydrogens (primary N) is 1. The predicted molar refractivity (Wildman–Crippen MR) is 62.7 cm³/mol. The molecule has 2 N–H and O–H groups in total. The Labute approximate surface area is 98.0 Å². The van der Waals surface area contributed by atoms with E-state index in [1.165, 1.54) is 0 Å². The third kappa shape index (κ3) is 2.41. The Bertz CT molecular complexity index is 516. The van der Waals surface area contributed by atoms with Crippen molar-refractivity contribution in [1.29, 1.82) is 0 Å². The molecule has 0 saturated carbocycles. The predicted octanol–water partition coefficient (Wildman–Crippen LogP) is 2.81. The summed E-state index contributed by atoms with van der Waals surface area (Å²) in [6.07, 6.45) is 3.16. The van der Waals surface area contributed by atoms with Gasteiger partial charge in [-0.05, 0) is 24.6 Å². The highest BCUT2D eigenvalue weighted by Gasteiger charge is 2.03. The van der Waals surface area contributed by atoms with Crippen molar-refractivity contribution in [2.24, 2.45) is 0 Å². The molecule has 0 atom stereocenters. The van der Waals surface area contributed by atoms with Crippen LogP contribution >= 0.6 is 11.6 Å². The summed E-state index contributed by atoms with van der Waals surface area (Å²) in [7, 11) is 0. The number of anilines is 1. The average Bonchev–Trinajstić information content (AvgIpc) is 2.22. The molecule has 16 heavy (non-hydrogen) atoms. The molecule has 5 heteroatoms. The average molecular weight is 236 g/mol. The van der Waals surface area contributed by atoms with Crippen LogP contribution in [0.5, 0.6) is 11.5 Å². The number of halogens is 1. The highest BCUT2D eigenvalue weighted by molar-refractivity contribution is 6.29. The molecule has 0 radical (unpaired) electrons. The van der Waals surface area contributed by atoms with Crippen molar-refractivity contribution in [3.05, 3.63) is 41.3 Å². The first-order valence-corrected chi connectivity index (χ1v) is 5.04. The van der Waals surface area contributed by atoms with E-state index in [1.54, 1.807) is 30.6 Å². The summed E-state index contributed by atoms with van der Waals surface area (Å²) in [6, 6.07) is 5.11. The molecular formula is C11H10ClN3O. The monoisotopic (exact) mass is 235 g/mol. The number of hydrogen-bond acceptors (Lipinski definition) is 4. The van der Waals surface area contributed by atoms with Crippen LogP contribution in [0.1, 0.15) is 5.56 Å². The van der Waals surface area contributed by atoms with E-state index in [-0.39, 0.29) is 0 Å². The molecule has 82 valence electrons. The zero-order valence-electron chi connectivity index (χ0n) is 8.64. The van der Waals surface area contributed by atoms with Crippen LogP contribution in [-0.2, 0) is 0 Å². The number of rotatable bonds is 2. The molecule has 0 bridgehead atoms. The van der Waals surface area contributed by atoms with Gasteiger partial charge >= 0.3 is 0 Å². The Hall–Kier alpha value is -1.81. The smallest absolute Gasteiger partial charge is 0.148 e. The summed E-state index contributed by atoms with van der Waals surface area (Å²) in [5, 5.41) is 0.388. The van der Waals surface area contributed by atoms with Gasteiger partial charge < -0.3 is 10.5 Å². The van der Waals surface area contributed by atoms with Gasteiger partial charge in [-0.2, -0.15) is 0 Å². The topological polar surface area (TPSA) is 61.0 Å². The number of hydrogen-bond donors (Lipinski definition) is 1. The standard InChI is InChI=1S/C11H10ClN3O/c1-7-4-11(13)15-6-9(7)16-8-2-3-14-10(12)5-8/h2-6H,1H3,(H2,13,15). The van der Waals surface area contributed by atoms with Crippen LogP contribution < -0.4 is 10.5 Å². The Morgan fingerprint density at radius 2 is 2.12 bits per heavy atom. The van der Waals surface area contributed by atoms with E-state index in [9.17, 15) is 0 Å². The van der Waals surface area contributed by atoms with Crippen molar-refractivity contribution in [3.63, 3.8) is 0 Å². The fraction of sp³-hybridized carbons (Fsp3) is 0.0909. The van der Waals surface area contributed by atoms with E-state index < -0.39 is 0 Å². The lowest BCUT2D eigenvalue weighted by Crippen LogP contribution is -1.94. The Kier molecular flexibility index (Phi) is 2.92. The van der Waals surface area contributed by atoms with Crippen molar-refractivity contribution in [2.45, 2.75) is 6.92 Å². The van der Waals surface area contributed by atoms with E-state index >= 15 is 0 Å². The molecule has 2 aromatic rings. The number of pyridine rings is 2. The minimum absolute atomic E-state index is 0.388. The van der Waals surface area contributed by atoms with Gasteiger partial charge in [0.05, 0.1) is 6.20 Å². The lowest BCUT2D eigenvalue weighted by atomic mass is 10.2. The molecule has 2 aromatic heterocycles. The first-order valence-electron chi connectivity index (χ1n) is 4.66. The van der Waals surface area contributed by atoms with Gasteiger partial charge in [0.25, 0.3) is 0 Å². The number of nitrogen functional groups attached to an aromatic ring is 1. The molecule has 0 spiro atoms. The minimum atomic E-state index is 0.388. The van der Waals surface area contributed by atoms with Gasteiger partial charge in [0.2, 0.25) is 0 Å². The lowest BCUT2D eigenvalue weighted by molar-refractivity contribution is 0.476. The van der Waals surface area contributed by atoms with Crippen molar-refractivity contribution in [1.82, 2.24) is 9.97 Å². The minimum Gasteiger partial charge on any atom is -0.455 e. The van der Waals surface area contributed by atoms with E-state index in [0.29, 0.717) is 22.5 Å². The molecule has 0 amide bonds. The molecule has 2 rings (SSSR count). The summed E-state index contributed by atoms with van der Waals surface area (Å²) < 4.78 is 5.60. The molecule has 0 saturated heterocycles. The Morgan fingerprint density at radius 3 is 2.81 bits per heavy atom. The largest absolute Gasteiger partial charge is 0.455 e. The van der Waals surface area contributed by atoms with Crippen LogP contribution in [0.25, 0.3) is 0 Å². The number of nitrogens with zero attached hydrogens (tertiary/aromatic N) is 2. The molecule has 0 aliphatic heterocycles. The fourth-order valence-electron chi connectivity index (χ4n) is 1.25. The van der Waals surface area contributed by atoms with Crippen LogP contribution in [0.2, 0.25) is 5.15 Å². The molecule has 0 unspecified atom stereocenters. The molecule has 2 heterocycles. The Balaban J connectivity index is 2.27. The maximum atomic E-state index is 5.75. The van der Waals surface area contributed by atoms with Crippen molar-refractivity contribution >= 4 is 17.4 Å². The van der Waals surface area contributed by atoms with Gasteiger partial charge in [0, 0.05) is 12.3 Å². The van der Waals surface area contributed by atoms with E-state index in [4.69, 9.17) is 22.1 Å². The third-order valence-corrected chi connectivity index (χ3v) is 2.22. The summed E-state index contributed by atoms with van der Waals surface area (Å²) in [5.41, 5.74) is 6.46. The van der Waals surface area contributed by atoms with Crippen molar-refractivity contribution in [3.8, 4) is 11.5 Å². The zero-order valence-corrected chi connectivity index (χ0v) is 9.40. The second-order valence-corrected chi connectivity index (χ2v) is 3.68. The number of aryl methyl sites for hydroxylation is 1. The van der Waals surface area contributed by atoms with Crippen LogP contribution in [0.4, 0.5) is 5.82 Å². The second-order valence-electron chi connectivity index (χ2n) is 3.29. The normalized spacial score (nSPS) is 10.1. The third-order valence-electron chi connectivity index (χ3n) is 2.01. The first-order chi connectivity index (χ1) is 7.65. The Morgan fingerprint density at radius 1 is 1.31 bits per heavy atom. The van der Waals surface area contributed by atoms with E-state index in [2.05, 4.69) is 9.97 Å². The van der Waals surface area contributed by atoms with E-state index in [0.717, 1.165) is 5.56 Å². The van der Waals surface area contributed by atoms with E-state index in [1.807, 2.05) is 6.92 Å². The van der Waals surface area contributed by atoms with Crippen LogP contribution in [0.3, 0.4) is 0 Å². The molecule has 0 aromatic carbocycles. The van der Waals surface area contributed by atoms with Crippen LogP contribution in [-0.4, -0.2) is 9.97 Å². The summed E-state index contributed by atoms with van der Waals surface area (Å²) >= 11 is 5.75. The molecule has 0 aliphatic carbocycles. The number of aromatic nitrogens is 2. The van der Waals surface area contributed by atoms with Gasteiger partial charge in [-0.1, -0.05) is 11.6 Å². The van der Waals surface area contributed by atoms with Gasteiger partial charge in [-0.25, -0.2) is 9.97 Å². The van der Waals surface area contributed by atoms with Crippen molar-refractivity contribution in [2.75, 3.05) is 5.73 Å². The summed E-state index contributed by atoms with van der Waals surface area (Å²) in [4.78, 5) is 7.83. The molecule has 0 fully saturated rings. The second kappa shape index (κ2) is 4.37. The van der Waals surface area contributed by atoms with Crippen LogP contribution in [0, 0.1) is 6.92 Å². The molecular weight excluding hydrogens is 226 g/mol.